The molecule has 118 valence electrons. The summed E-state index contributed by atoms with van der Waals surface area (Å²) >= 11 is 1.46. The third kappa shape index (κ3) is 4.35. The molecule has 1 aliphatic heterocycles. The molecule has 7 heteroatoms. The fraction of sp³-hybridized carbons (Fsp3) is 0.571. The van der Waals surface area contributed by atoms with Gasteiger partial charge >= 0.3 is 0 Å². The molecule has 1 aromatic carbocycles. The minimum absolute atomic E-state index is 0.0530. The molecular weight excluding hydrogens is 308 g/mol. The highest BCUT2D eigenvalue weighted by Gasteiger charge is 2.33. The molecule has 0 radical (unpaired) electrons. The van der Waals surface area contributed by atoms with Gasteiger partial charge in [-0.1, -0.05) is 12.1 Å². The van der Waals surface area contributed by atoms with Gasteiger partial charge in [-0.05, 0) is 31.4 Å². The topological polar surface area (TPSA) is 83.6 Å². The number of aliphatic hydroxyl groups excluding tert-OH is 1. The Labute approximate surface area is 130 Å². The molecule has 0 aliphatic carbocycles. The molecule has 1 saturated heterocycles. The highest BCUT2D eigenvalue weighted by molar-refractivity contribution is 8.00. The van der Waals surface area contributed by atoms with Crippen LogP contribution in [-0.4, -0.2) is 48.5 Å². The number of hydrogen-bond donors (Lipinski definition) is 2. The summed E-state index contributed by atoms with van der Waals surface area (Å²) in [5.41, 5.74) is 6.51. The van der Waals surface area contributed by atoms with Crippen molar-refractivity contribution < 1.29 is 13.5 Å². The van der Waals surface area contributed by atoms with Crippen molar-refractivity contribution in [2.45, 2.75) is 24.3 Å². The van der Waals surface area contributed by atoms with Gasteiger partial charge in [0.2, 0.25) is 10.0 Å². The summed E-state index contributed by atoms with van der Waals surface area (Å²) in [6.45, 7) is 2.66. The molecule has 0 spiro atoms. The average Bonchev–Trinajstić information content (AvgIpc) is 2.91. The largest absolute Gasteiger partial charge is 0.398 e. The fourth-order valence-electron chi connectivity index (χ4n) is 2.40. The molecule has 2 unspecified atom stereocenters. The van der Waals surface area contributed by atoms with Gasteiger partial charge in [0.15, 0.2) is 0 Å². The number of thioether (sulfide) groups is 1. The molecule has 1 fully saturated rings. The molecule has 5 nitrogen and oxygen atoms in total. The van der Waals surface area contributed by atoms with E-state index in [2.05, 4.69) is 0 Å². The second kappa shape index (κ2) is 7.00. The summed E-state index contributed by atoms with van der Waals surface area (Å²) in [7, 11) is -3.25. The number of para-hydroxylation sites is 1. The zero-order valence-electron chi connectivity index (χ0n) is 12.1. The summed E-state index contributed by atoms with van der Waals surface area (Å²) in [4.78, 5) is 0.913. The first-order valence-corrected chi connectivity index (χ1v) is 9.63. The van der Waals surface area contributed by atoms with Gasteiger partial charge in [0.1, 0.15) is 0 Å². The molecular formula is C14H22N2O3S2. The van der Waals surface area contributed by atoms with Crippen molar-refractivity contribution in [3.63, 3.8) is 0 Å². The van der Waals surface area contributed by atoms with Crippen LogP contribution in [0.1, 0.15) is 13.3 Å². The maximum Gasteiger partial charge on any atom is 0.214 e. The van der Waals surface area contributed by atoms with Gasteiger partial charge in [0.05, 0.1) is 11.9 Å². The third-order valence-electron chi connectivity index (χ3n) is 3.78. The van der Waals surface area contributed by atoms with E-state index < -0.39 is 16.1 Å². The van der Waals surface area contributed by atoms with Gasteiger partial charge in [-0.2, -0.15) is 0 Å². The number of anilines is 1. The molecule has 0 bridgehead atoms. The van der Waals surface area contributed by atoms with Crippen molar-refractivity contribution in [1.29, 1.82) is 0 Å². The first kappa shape index (κ1) is 16.6. The molecule has 2 atom stereocenters. The summed E-state index contributed by atoms with van der Waals surface area (Å²) in [6.07, 6.45) is 0.277. The number of rotatable bonds is 6. The Morgan fingerprint density at radius 1 is 1.48 bits per heavy atom. The van der Waals surface area contributed by atoms with Crippen molar-refractivity contribution in [1.82, 2.24) is 4.31 Å². The van der Waals surface area contributed by atoms with Gasteiger partial charge in [-0.15, -0.1) is 11.8 Å². The first-order chi connectivity index (χ1) is 9.90. The maximum atomic E-state index is 12.3. The van der Waals surface area contributed by atoms with Gasteiger partial charge in [-0.25, -0.2) is 12.7 Å². The van der Waals surface area contributed by atoms with E-state index in [4.69, 9.17) is 5.73 Å². The van der Waals surface area contributed by atoms with Crippen LogP contribution < -0.4 is 5.73 Å². The Balaban J connectivity index is 1.86. The van der Waals surface area contributed by atoms with Crippen molar-refractivity contribution in [3.05, 3.63) is 24.3 Å². The molecule has 0 amide bonds. The highest BCUT2D eigenvalue weighted by Crippen LogP contribution is 2.26. The van der Waals surface area contributed by atoms with Crippen molar-refractivity contribution in [3.8, 4) is 0 Å². The second-order valence-electron chi connectivity index (χ2n) is 5.35. The average molecular weight is 330 g/mol. The molecule has 1 aromatic rings. The minimum atomic E-state index is -3.25. The van der Waals surface area contributed by atoms with E-state index in [1.165, 1.54) is 16.1 Å². The quantitative estimate of drug-likeness (QED) is 0.608. The Bertz CT molecular complexity index is 575. The van der Waals surface area contributed by atoms with Crippen LogP contribution in [0.15, 0.2) is 29.2 Å². The lowest BCUT2D eigenvalue weighted by Crippen LogP contribution is -2.33. The molecule has 1 aliphatic rings. The third-order valence-corrected chi connectivity index (χ3v) is 6.97. The number of sulfonamides is 1. The van der Waals surface area contributed by atoms with Crippen LogP contribution in [-0.2, 0) is 10.0 Å². The lowest BCUT2D eigenvalue weighted by Gasteiger charge is -2.17. The van der Waals surface area contributed by atoms with Crippen LogP contribution >= 0.6 is 11.8 Å². The molecule has 0 saturated carbocycles. The first-order valence-electron chi connectivity index (χ1n) is 7.03. The van der Waals surface area contributed by atoms with Crippen LogP contribution in [0.5, 0.6) is 0 Å². The van der Waals surface area contributed by atoms with Gasteiger partial charge in [0, 0.05) is 29.4 Å². The number of benzene rings is 1. The van der Waals surface area contributed by atoms with Gasteiger partial charge in [0.25, 0.3) is 0 Å². The SMILES string of the molecule is CC(O)C1CCN(S(=O)(=O)CCSc2ccccc2N)C1. The second-order valence-corrected chi connectivity index (χ2v) is 8.57. The molecule has 3 N–H and O–H groups in total. The lowest BCUT2D eigenvalue weighted by molar-refractivity contribution is 0.133. The van der Waals surface area contributed by atoms with Crippen molar-refractivity contribution in [2.75, 3.05) is 30.3 Å². The van der Waals surface area contributed by atoms with Crippen LogP contribution in [0.25, 0.3) is 0 Å². The van der Waals surface area contributed by atoms with E-state index in [0.29, 0.717) is 24.5 Å². The Hall–Kier alpha value is -0.760. The zero-order chi connectivity index (χ0) is 15.5. The normalized spacial score (nSPS) is 21.5. The van der Waals surface area contributed by atoms with Crippen LogP contribution in [0.2, 0.25) is 0 Å². The van der Waals surface area contributed by atoms with Crippen LogP contribution in [0.3, 0.4) is 0 Å². The monoisotopic (exact) mass is 330 g/mol. The van der Waals surface area contributed by atoms with Gasteiger partial charge < -0.3 is 10.8 Å². The van der Waals surface area contributed by atoms with Crippen molar-refractivity contribution >= 4 is 27.5 Å². The van der Waals surface area contributed by atoms with E-state index in [1.807, 2.05) is 24.3 Å². The van der Waals surface area contributed by atoms with E-state index in [1.54, 1.807) is 6.92 Å². The number of nitrogens with two attached hydrogens (primary N) is 1. The molecule has 0 aromatic heterocycles. The van der Waals surface area contributed by atoms with Crippen molar-refractivity contribution in [2.24, 2.45) is 5.92 Å². The lowest BCUT2D eigenvalue weighted by atomic mass is 10.0. The molecule has 2 rings (SSSR count). The molecule has 1 heterocycles. The standard InChI is InChI=1S/C14H22N2O3S2/c1-11(17)12-6-7-16(10-12)21(18,19)9-8-20-14-5-3-2-4-13(14)15/h2-5,11-12,17H,6-10,15H2,1H3. The van der Waals surface area contributed by atoms with E-state index in [-0.39, 0.29) is 11.7 Å². The predicted molar refractivity (Wildman–Crippen MR) is 86.7 cm³/mol. The van der Waals surface area contributed by atoms with E-state index >= 15 is 0 Å². The summed E-state index contributed by atoms with van der Waals surface area (Å²) in [5.74, 6) is 0.627. The Morgan fingerprint density at radius 3 is 2.81 bits per heavy atom. The Kier molecular flexibility index (Phi) is 5.54. The zero-order valence-corrected chi connectivity index (χ0v) is 13.7. The molecule has 21 heavy (non-hydrogen) atoms. The highest BCUT2D eigenvalue weighted by atomic mass is 32.2. The fourth-order valence-corrected chi connectivity index (χ4v) is 5.26. The number of aliphatic hydroxyl groups is 1. The smallest absolute Gasteiger partial charge is 0.214 e. The number of nitrogens with zero attached hydrogens (tertiary/aromatic N) is 1. The maximum absolute atomic E-state index is 12.3. The number of hydrogen-bond acceptors (Lipinski definition) is 5. The van der Waals surface area contributed by atoms with Crippen LogP contribution in [0.4, 0.5) is 5.69 Å². The van der Waals surface area contributed by atoms with Gasteiger partial charge in [-0.3, -0.25) is 0 Å². The summed E-state index contributed by atoms with van der Waals surface area (Å²) in [5, 5.41) is 9.55. The minimum Gasteiger partial charge on any atom is -0.398 e. The van der Waals surface area contributed by atoms with Crippen LogP contribution in [0, 0.1) is 5.92 Å². The predicted octanol–water partition coefficient (Wildman–Crippen LogP) is 1.39. The summed E-state index contributed by atoms with van der Waals surface area (Å²) < 4.78 is 26.1. The van der Waals surface area contributed by atoms with E-state index in [9.17, 15) is 13.5 Å². The van der Waals surface area contributed by atoms with E-state index in [0.717, 1.165) is 11.3 Å². The number of nitrogen functional groups attached to an aromatic ring is 1. The summed E-state index contributed by atoms with van der Waals surface area (Å²) in [6, 6.07) is 7.45. The Morgan fingerprint density at radius 2 is 2.19 bits per heavy atom.